The molecule has 0 spiro atoms. The number of ether oxygens (including phenoxy) is 3. The second kappa shape index (κ2) is 10.5. The van der Waals surface area contributed by atoms with E-state index in [1.54, 1.807) is 26.0 Å². The van der Waals surface area contributed by atoms with Crippen LogP contribution in [0.3, 0.4) is 0 Å². The normalized spacial score (nSPS) is 12.3. The summed E-state index contributed by atoms with van der Waals surface area (Å²) in [4.78, 5) is 24.8. The van der Waals surface area contributed by atoms with Gasteiger partial charge in [0.05, 0.1) is 0 Å². The summed E-state index contributed by atoms with van der Waals surface area (Å²) in [5, 5.41) is 6.02. The van der Waals surface area contributed by atoms with E-state index in [0.29, 0.717) is 22.6 Å². The average Bonchev–Trinajstić information content (AvgIpc) is 3.03. The highest BCUT2D eigenvalue weighted by atomic mass is 16.5. The van der Waals surface area contributed by atoms with Crippen LogP contribution < -0.4 is 14.2 Å². The van der Waals surface area contributed by atoms with Gasteiger partial charge in [0.15, 0.2) is 0 Å². The lowest BCUT2D eigenvalue weighted by atomic mass is 9.78. The molecule has 0 saturated carbocycles. The van der Waals surface area contributed by atoms with Gasteiger partial charge in [0, 0.05) is 28.2 Å². The van der Waals surface area contributed by atoms with Crippen LogP contribution in [0.4, 0.5) is 0 Å². The van der Waals surface area contributed by atoms with E-state index in [1.165, 1.54) is 0 Å². The first kappa shape index (κ1) is 27.2. The van der Waals surface area contributed by atoms with Gasteiger partial charge in [-0.3, -0.25) is 0 Å². The van der Waals surface area contributed by atoms with Crippen molar-refractivity contribution >= 4 is 44.3 Å². The maximum Gasteiger partial charge on any atom is 0.338 e. The van der Waals surface area contributed by atoms with E-state index in [4.69, 9.17) is 14.2 Å². The second-order valence-corrected chi connectivity index (χ2v) is 11.2. The molecule has 0 radical (unpaired) electrons. The van der Waals surface area contributed by atoms with E-state index in [-0.39, 0.29) is 5.92 Å². The van der Waals surface area contributed by atoms with Crippen LogP contribution in [0.5, 0.6) is 23.0 Å². The summed E-state index contributed by atoms with van der Waals surface area (Å²) in [5.74, 6) is 1.06. The van der Waals surface area contributed by atoms with Gasteiger partial charge in [-0.2, -0.15) is 0 Å². The molecule has 1 aliphatic heterocycles. The van der Waals surface area contributed by atoms with Gasteiger partial charge in [-0.05, 0) is 88.1 Å². The third-order valence-corrected chi connectivity index (χ3v) is 8.01. The Morgan fingerprint density at radius 1 is 0.591 bits per heavy atom. The van der Waals surface area contributed by atoms with Crippen LogP contribution in [-0.4, -0.2) is 11.9 Å². The summed E-state index contributed by atoms with van der Waals surface area (Å²) in [5.41, 5.74) is 3.62. The second-order valence-electron chi connectivity index (χ2n) is 11.2. The number of rotatable bonds is 5. The van der Waals surface area contributed by atoms with E-state index in [0.717, 1.165) is 60.5 Å². The zero-order chi connectivity index (χ0) is 30.5. The predicted molar refractivity (Wildman–Crippen MR) is 174 cm³/mol. The number of carbonyl (C=O) groups excluding carboxylic acids is 2. The first-order valence-electron chi connectivity index (χ1n) is 14.3. The smallest absolute Gasteiger partial charge is 0.338 e. The fourth-order valence-corrected chi connectivity index (χ4v) is 5.88. The van der Waals surface area contributed by atoms with Crippen LogP contribution in [-0.2, 0) is 9.59 Å². The zero-order valence-corrected chi connectivity index (χ0v) is 24.3. The quantitative estimate of drug-likeness (QED) is 0.116. The SMILES string of the molecule is C=C(C)C(=O)Oc1ccc2ccc3c(c2c1)C(c1ccc2ccccc2c1)c1c(ccc2ccc(OC(=O)C(=C)C)cc12)O3. The third-order valence-electron chi connectivity index (χ3n) is 8.01. The Labute approximate surface area is 254 Å². The van der Waals surface area contributed by atoms with Crippen molar-refractivity contribution in [2.75, 3.05) is 0 Å². The van der Waals surface area contributed by atoms with E-state index < -0.39 is 11.9 Å². The fourth-order valence-electron chi connectivity index (χ4n) is 5.88. The first-order valence-corrected chi connectivity index (χ1v) is 14.3. The highest BCUT2D eigenvalue weighted by Crippen LogP contribution is 2.53. The molecular formula is C39H28O5. The molecule has 0 N–H and O–H groups in total. The van der Waals surface area contributed by atoms with Gasteiger partial charge < -0.3 is 14.2 Å². The molecule has 0 aliphatic carbocycles. The van der Waals surface area contributed by atoms with Crippen molar-refractivity contribution in [2.45, 2.75) is 19.8 Å². The number of hydrogen-bond acceptors (Lipinski definition) is 5. The summed E-state index contributed by atoms with van der Waals surface area (Å²) in [7, 11) is 0. The highest BCUT2D eigenvalue weighted by molar-refractivity contribution is 5.98. The number of fused-ring (bicyclic) bond motifs is 7. The van der Waals surface area contributed by atoms with Crippen molar-refractivity contribution < 1.29 is 23.8 Å². The molecule has 0 atom stereocenters. The zero-order valence-electron chi connectivity index (χ0n) is 24.3. The van der Waals surface area contributed by atoms with Gasteiger partial charge in [0.25, 0.3) is 0 Å². The summed E-state index contributed by atoms with van der Waals surface area (Å²) < 4.78 is 17.9. The molecule has 0 unspecified atom stereocenters. The summed E-state index contributed by atoms with van der Waals surface area (Å²) >= 11 is 0. The molecule has 6 aromatic rings. The lowest BCUT2D eigenvalue weighted by Gasteiger charge is -2.31. The van der Waals surface area contributed by atoms with Crippen molar-refractivity contribution in [3.8, 4) is 23.0 Å². The molecular weight excluding hydrogens is 548 g/mol. The monoisotopic (exact) mass is 576 g/mol. The van der Waals surface area contributed by atoms with Crippen LogP contribution >= 0.6 is 0 Å². The summed E-state index contributed by atoms with van der Waals surface area (Å²) in [6.07, 6.45) is 0. The van der Waals surface area contributed by atoms with Crippen molar-refractivity contribution in [1.29, 1.82) is 0 Å². The Morgan fingerprint density at radius 2 is 1.07 bits per heavy atom. The molecule has 0 bridgehead atoms. The van der Waals surface area contributed by atoms with Crippen LogP contribution in [0.2, 0.25) is 0 Å². The largest absolute Gasteiger partial charge is 0.457 e. The first-order chi connectivity index (χ1) is 21.3. The number of hydrogen-bond donors (Lipinski definition) is 0. The Bertz CT molecular complexity index is 2090. The lowest BCUT2D eigenvalue weighted by molar-refractivity contribution is -0.130. The molecule has 5 nitrogen and oxygen atoms in total. The van der Waals surface area contributed by atoms with E-state index >= 15 is 0 Å². The standard InChI is InChI=1S/C39H28O5/c1-22(2)38(40)42-29-15-11-25-13-17-33-36(31(25)20-29)35(28-10-9-24-7-5-6-8-27(24)19-28)37-32-21-30(43-39(41)23(3)4)16-12-26(32)14-18-34(37)44-33/h5-21,35H,1,3H2,2,4H3. The Morgan fingerprint density at radius 3 is 1.59 bits per heavy atom. The maximum atomic E-state index is 12.4. The molecule has 0 fully saturated rings. The van der Waals surface area contributed by atoms with Crippen LogP contribution in [0.15, 0.2) is 127 Å². The lowest BCUT2D eigenvalue weighted by Crippen LogP contribution is -2.14. The Hall–Kier alpha value is -5.68. The molecule has 6 aromatic carbocycles. The number of benzene rings is 6. The van der Waals surface area contributed by atoms with E-state index in [1.807, 2.05) is 60.7 Å². The van der Waals surface area contributed by atoms with E-state index in [9.17, 15) is 9.59 Å². The molecule has 1 aliphatic rings. The minimum atomic E-state index is -0.482. The minimum absolute atomic E-state index is 0.259. The van der Waals surface area contributed by atoms with E-state index in [2.05, 4.69) is 43.5 Å². The van der Waals surface area contributed by atoms with Gasteiger partial charge in [-0.15, -0.1) is 0 Å². The van der Waals surface area contributed by atoms with Gasteiger partial charge in [-0.25, -0.2) is 9.59 Å². The maximum absolute atomic E-state index is 12.4. The average molecular weight is 577 g/mol. The summed E-state index contributed by atoms with van der Waals surface area (Å²) in [6.45, 7) is 10.7. The van der Waals surface area contributed by atoms with Crippen molar-refractivity contribution in [3.05, 3.63) is 144 Å². The molecule has 44 heavy (non-hydrogen) atoms. The summed E-state index contributed by atoms with van der Waals surface area (Å²) in [6, 6.07) is 34.0. The van der Waals surface area contributed by atoms with Crippen molar-refractivity contribution in [1.82, 2.24) is 0 Å². The van der Waals surface area contributed by atoms with Crippen LogP contribution in [0, 0.1) is 0 Å². The Balaban J connectivity index is 1.51. The van der Waals surface area contributed by atoms with Crippen molar-refractivity contribution in [3.63, 3.8) is 0 Å². The topological polar surface area (TPSA) is 61.8 Å². The van der Waals surface area contributed by atoms with Gasteiger partial charge >= 0.3 is 11.9 Å². The number of carbonyl (C=O) groups is 2. The Kier molecular flexibility index (Phi) is 6.51. The van der Waals surface area contributed by atoms with Gasteiger partial charge in [0.1, 0.15) is 23.0 Å². The number of esters is 2. The molecule has 1 heterocycles. The molecule has 5 heteroatoms. The van der Waals surface area contributed by atoms with Crippen LogP contribution in [0.25, 0.3) is 32.3 Å². The predicted octanol–water partition coefficient (Wildman–Crippen LogP) is 9.40. The van der Waals surface area contributed by atoms with Crippen LogP contribution in [0.1, 0.15) is 36.5 Å². The molecule has 0 aromatic heterocycles. The fraction of sp³-hybridized carbons (Fsp3) is 0.0769. The van der Waals surface area contributed by atoms with Crippen molar-refractivity contribution in [2.24, 2.45) is 0 Å². The van der Waals surface area contributed by atoms with Gasteiger partial charge in [0.2, 0.25) is 0 Å². The van der Waals surface area contributed by atoms with Gasteiger partial charge in [-0.1, -0.05) is 79.9 Å². The molecule has 0 amide bonds. The third kappa shape index (κ3) is 4.69. The molecule has 214 valence electrons. The highest BCUT2D eigenvalue weighted by Gasteiger charge is 2.33. The molecule has 0 saturated heterocycles. The minimum Gasteiger partial charge on any atom is -0.457 e. The molecule has 7 rings (SSSR count).